The van der Waals surface area contributed by atoms with E-state index < -0.39 is 0 Å². The van der Waals surface area contributed by atoms with Crippen LogP contribution in [0.4, 0.5) is 5.69 Å². The summed E-state index contributed by atoms with van der Waals surface area (Å²) >= 11 is 1.45. The first-order valence-corrected chi connectivity index (χ1v) is 10.0. The molecule has 28 heavy (non-hydrogen) atoms. The van der Waals surface area contributed by atoms with Crippen molar-refractivity contribution < 1.29 is 19.1 Å². The molecule has 1 fully saturated rings. The van der Waals surface area contributed by atoms with E-state index in [1.165, 1.54) is 11.3 Å². The van der Waals surface area contributed by atoms with Gasteiger partial charge in [0.2, 0.25) is 5.91 Å². The van der Waals surface area contributed by atoms with Crippen molar-refractivity contribution in [3.05, 3.63) is 40.6 Å². The zero-order valence-corrected chi connectivity index (χ0v) is 17.1. The Kier molecular flexibility index (Phi) is 6.53. The molecular formula is C20H25N3O4S. The SMILES string of the molecule is COc1ccc(OC)c(NC(=O)C(C)N2CCN(C(=O)c3cccs3)CC2)c1. The van der Waals surface area contributed by atoms with Crippen molar-refractivity contribution >= 4 is 28.8 Å². The summed E-state index contributed by atoms with van der Waals surface area (Å²) < 4.78 is 10.5. The number of rotatable bonds is 6. The van der Waals surface area contributed by atoms with Crippen LogP contribution in [0.5, 0.6) is 11.5 Å². The number of carbonyl (C=O) groups excluding carboxylic acids is 2. The molecule has 0 saturated carbocycles. The average Bonchev–Trinajstić information content (AvgIpc) is 3.27. The van der Waals surface area contributed by atoms with Crippen LogP contribution in [-0.4, -0.2) is 68.1 Å². The normalized spacial score (nSPS) is 15.8. The molecule has 0 radical (unpaired) electrons. The molecule has 150 valence electrons. The van der Waals surface area contributed by atoms with Crippen molar-refractivity contribution in [3.8, 4) is 11.5 Å². The van der Waals surface area contributed by atoms with Crippen molar-refractivity contribution in [1.29, 1.82) is 0 Å². The number of thiophene rings is 1. The third kappa shape index (κ3) is 4.45. The van der Waals surface area contributed by atoms with E-state index >= 15 is 0 Å². The van der Waals surface area contributed by atoms with Gasteiger partial charge < -0.3 is 19.7 Å². The molecule has 1 saturated heterocycles. The predicted octanol–water partition coefficient (Wildman–Crippen LogP) is 2.55. The number of hydrogen-bond acceptors (Lipinski definition) is 6. The lowest BCUT2D eigenvalue weighted by Gasteiger charge is -2.37. The van der Waals surface area contributed by atoms with Gasteiger partial charge in [0.25, 0.3) is 5.91 Å². The molecule has 1 atom stereocenters. The number of amides is 2. The van der Waals surface area contributed by atoms with E-state index in [4.69, 9.17) is 9.47 Å². The molecule has 8 heteroatoms. The predicted molar refractivity (Wildman–Crippen MR) is 109 cm³/mol. The lowest BCUT2D eigenvalue weighted by atomic mass is 10.2. The number of piperazine rings is 1. The van der Waals surface area contributed by atoms with Crippen molar-refractivity contribution in [2.75, 3.05) is 45.7 Å². The highest BCUT2D eigenvalue weighted by Gasteiger charge is 2.28. The van der Waals surface area contributed by atoms with Crippen LogP contribution in [-0.2, 0) is 4.79 Å². The first kappa shape index (κ1) is 20.2. The Morgan fingerprint density at radius 2 is 1.86 bits per heavy atom. The third-order valence-electron chi connectivity index (χ3n) is 4.93. The minimum atomic E-state index is -0.324. The molecule has 1 aliphatic heterocycles. The summed E-state index contributed by atoms with van der Waals surface area (Å²) in [6.45, 7) is 4.40. The van der Waals surface area contributed by atoms with Gasteiger partial charge in [0.1, 0.15) is 11.5 Å². The van der Waals surface area contributed by atoms with Crippen LogP contribution < -0.4 is 14.8 Å². The molecule has 3 rings (SSSR count). The monoisotopic (exact) mass is 403 g/mol. The Labute approximate surface area is 168 Å². The van der Waals surface area contributed by atoms with Gasteiger partial charge in [-0.25, -0.2) is 0 Å². The second-order valence-electron chi connectivity index (χ2n) is 6.54. The number of benzene rings is 1. The smallest absolute Gasteiger partial charge is 0.264 e. The lowest BCUT2D eigenvalue weighted by molar-refractivity contribution is -0.121. The van der Waals surface area contributed by atoms with Gasteiger partial charge in [0, 0.05) is 32.2 Å². The van der Waals surface area contributed by atoms with Crippen LogP contribution >= 0.6 is 11.3 Å². The van der Waals surface area contributed by atoms with E-state index in [9.17, 15) is 9.59 Å². The number of anilines is 1. The van der Waals surface area contributed by atoms with Gasteiger partial charge in [-0.1, -0.05) is 6.07 Å². The molecule has 2 heterocycles. The zero-order chi connectivity index (χ0) is 20.1. The Morgan fingerprint density at radius 1 is 1.11 bits per heavy atom. The highest BCUT2D eigenvalue weighted by Crippen LogP contribution is 2.29. The number of methoxy groups -OCH3 is 2. The molecule has 1 aromatic heterocycles. The summed E-state index contributed by atoms with van der Waals surface area (Å²) in [6.07, 6.45) is 0. The van der Waals surface area contributed by atoms with Crippen LogP contribution in [0, 0.1) is 0 Å². The minimum Gasteiger partial charge on any atom is -0.497 e. The highest BCUT2D eigenvalue weighted by molar-refractivity contribution is 7.12. The summed E-state index contributed by atoms with van der Waals surface area (Å²) in [5, 5.41) is 4.83. The van der Waals surface area contributed by atoms with E-state index in [0.29, 0.717) is 43.4 Å². The highest BCUT2D eigenvalue weighted by atomic mass is 32.1. The van der Waals surface area contributed by atoms with E-state index in [-0.39, 0.29) is 17.9 Å². The lowest BCUT2D eigenvalue weighted by Crippen LogP contribution is -2.53. The fraction of sp³-hybridized carbons (Fsp3) is 0.400. The maximum absolute atomic E-state index is 12.8. The fourth-order valence-corrected chi connectivity index (χ4v) is 3.87. The Hall–Kier alpha value is -2.58. The quantitative estimate of drug-likeness (QED) is 0.803. The molecule has 0 bridgehead atoms. The van der Waals surface area contributed by atoms with Crippen LogP contribution in [0.25, 0.3) is 0 Å². The summed E-state index contributed by atoms with van der Waals surface area (Å²) in [5.74, 6) is 1.16. The summed E-state index contributed by atoms with van der Waals surface area (Å²) in [4.78, 5) is 29.9. The van der Waals surface area contributed by atoms with Gasteiger partial charge >= 0.3 is 0 Å². The van der Waals surface area contributed by atoms with Crippen LogP contribution in [0.1, 0.15) is 16.6 Å². The van der Waals surface area contributed by atoms with Gasteiger partial charge in [0.15, 0.2) is 0 Å². The largest absolute Gasteiger partial charge is 0.497 e. The summed E-state index contributed by atoms with van der Waals surface area (Å²) in [7, 11) is 3.14. The van der Waals surface area contributed by atoms with Crippen molar-refractivity contribution in [1.82, 2.24) is 9.80 Å². The molecule has 1 aliphatic rings. The van der Waals surface area contributed by atoms with E-state index in [1.807, 2.05) is 29.3 Å². The van der Waals surface area contributed by atoms with E-state index in [0.717, 1.165) is 4.88 Å². The molecule has 0 spiro atoms. The maximum Gasteiger partial charge on any atom is 0.264 e. The Morgan fingerprint density at radius 3 is 2.46 bits per heavy atom. The molecule has 1 aromatic carbocycles. The van der Waals surface area contributed by atoms with Gasteiger partial charge in [0.05, 0.1) is 30.8 Å². The van der Waals surface area contributed by atoms with E-state index in [2.05, 4.69) is 10.2 Å². The Bertz CT molecular complexity index is 817. The van der Waals surface area contributed by atoms with Crippen molar-refractivity contribution in [2.24, 2.45) is 0 Å². The van der Waals surface area contributed by atoms with Gasteiger partial charge in [-0.05, 0) is 30.5 Å². The molecular weight excluding hydrogens is 378 g/mol. The van der Waals surface area contributed by atoms with Gasteiger partial charge in [-0.3, -0.25) is 14.5 Å². The molecule has 1 N–H and O–H groups in total. The minimum absolute atomic E-state index is 0.0628. The van der Waals surface area contributed by atoms with Crippen LogP contribution in [0.15, 0.2) is 35.7 Å². The van der Waals surface area contributed by atoms with Gasteiger partial charge in [-0.15, -0.1) is 11.3 Å². The number of nitrogens with one attached hydrogen (secondary N) is 1. The third-order valence-corrected chi connectivity index (χ3v) is 5.78. The second kappa shape index (κ2) is 9.07. The molecule has 1 unspecified atom stereocenters. The first-order chi connectivity index (χ1) is 13.5. The van der Waals surface area contributed by atoms with Crippen molar-refractivity contribution in [3.63, 3.8) is 0 Å². The topological polar surface area (TPSA) is 71.1 Å². The molecule has 7 nitrogen and oxygen atoms in total. The van der Waals surface area contributed by atoms with Crippen LogP contribution in [0.2, 0.25) is 0 Å². The number of ether oxygens (including phenoxy) is 2. The molecule has 2 amide bonds. The number of nitrogens with zero attached hydrogens (tertiary/aromatic N) is 2. The molecule has 0 aliphatic carbocycles. The molecule has 2 aromatic rings. The van der Waals surface area contributed by atoms with Gasteiger partial charge in [-0.2, -0.15) is 0 Å². The average molecular weight is 404 g/mol. The summed E-state index contributed by atoms with van der Waals surface area (Å²) in [5.41, 5.74) is 0.574. The van der Waals surface area contributed by atoms with E-state index in [1.54, 1.807) is 32.4 Å². The Balaban J connectivity index is 1.58. The summed E-state index contributed by atoms with van der Waals surface area (Å²) in [6, 6.07) is 8.68. The second-order valence-corrected chi connectivity index (χ2v) is 7.48. The first-order valence-electron chi connectivity index (χ1n) is 9.13. The van der Waals surface area contributed by atoms with Crippen LogP contribution in [0.3, 0.4) is 0 Å². The fourth-order valence-electron chi connectivity index (χ4n) is 3.18. The number of carbonyl (C=O) groups is 2. The number of hydrogen-bond donors (Lipinski definition) is 1. The maximum atomic E-state index is 12.8. The standard InChI is InChI=1S/C20H25N3O4S/c1-14(19(24)21-16-13-15(26-2)6-7-17(16)27-3)22-8-10-23(11-9-22)20(25)18-5-4-12-28-18/h4-7,12-14H,8-11H2,1-3H3,(H,21,24). The zero-order valence-electron chi connectivity index (χ0n) is 16.3. The van der Waals surface area contributed by atoms with Crippen molar-refractivity contribution in [2.45, 2.75) is 13.0 Å².